The molecule has 0 spiro atoms. The van der Waals surface area contributed by atoms with Crippen LogP contribution in [0.3, 0.4) is 0 Å². The SMILES string of the molecule is NCCC(N)c1ncnc2nc[nH]c12. The van der Waals surface area contributed by atoms with E-state index in [4.69, 9.17) is 11.5 Å². The van der Waals surface area contributed by atoms with Crippen LogP contribution in [-0.2, 0) is 0 Å². The van der Waals surface area contributed by atoms with E-state index in [2.05, 4.69) is 19.9 Å². The van der Waals surface area contributed by atoms with Gasteiger partial charge in [0.15, 0.2) is 5.65 Å². The third-order valence-electron chi connectivity index (χ3n) is 2.08. The molecule has 0 fully saturated rings. The highest BCUT2D eigenvalue weighted by molar-refractivity contribution is 5.72. The van der Waals surface area contributed by atoms with Crippen LogP contribution >= 0.6 is 0 Å². The molecule has 0 aliphatic heterocycles. The van der Waals surface area contributed by atoms with Gasteiger partial charge in [-0.3, -0.25) is 0 Å². The summed E-state index contributed by atoms with van der Waals surface area (Å²) in [5.41, 5.74) is 13.6. The number of nitrogens with two attached hydrogens (primary N) is 2. The zero-order valence-electron chi connectivity index (χ0n) is 7.64. The molecular weight excluding hydrogens is 180 g/mol. The topological polar surface area (TPSA) is 106 Å². The van der Waals surface area contributed by atoms with Crippen LogP contribution < -0.4 is 11.5 Å². The molecule has 5 N–H and O–H groups in total. The standard InChI is InChI=1S/C8H12N6/c9-2-1-5(10)6-7-8(13-3-11-6)14-4-12-7/h3-5H,1-2,9-10H2,(H,11,12,13,14). The number of nitrogens with one attached hydrogen (secondary N) is 1. The Hall–Kier alpha value is -1.53. The summed E-state index contributed by atoms with van der Waals surface area (Å²) in [6.45, 7) is 0.542. The molecule has 2 aromatic heterocycles. The lowest BCUT2D eigenvalue weighted by molar-refractivity contribution is 0.645. The summed E-state index contributed by atoms with van der Waals surface area (Å²) >= 11 is 0. The lowest BCUT2D eigenvalue weighted by atomic mass is 10.1. The van der Waals surface area contributed by atoms with Crippen molar-refractivity contribution in [2.45, 2.75) is 12.5 Å². The quantitative estimate of drug-likeness (QED) is 0.619. The Kier molecular flexibility index (Phi) is 2.38. The summed E-state index contributed by atoms with van der Waals surface area (Å²) in [6.07, 6.45) is 3.75. The molecule has 14 heavy (non-hydrogen) atoms. The lowest BCUT2D eigenvalue weighted by Crippen LogP contribution is -2.17. The Morgan fingerprint density at radius 3 is 3.00 bits per heavy atom. The maximum atomic E-state index is 5.91. The molecule has 2 rings (SSSR count). The van der Waals surface area contributed by atoms with Gasteiger partial charge in [-0.05, 0) is 13.0 Å². The highest BCUT2D eigenvalue weighted by Crippen LogP contribution is 2.17. The highest BCUT2D eigenvalue weighted by atomic mass is 15.0. The minimum atomic E-state index is -0.161. The Morgan fingerprint density at radius 2 is 2.21 bits per heavy atom. The second-order valence-corrected chi connectivity index (χ2v) is 3.04. The van der Waals surface area contributed by atoms with Crippen LogP contribution in [0.4, 0.5) is 0 Å². The number of aromatic nitrogens is 4. The van der Waals surface area contributed by atoms with Crippen molar-refractivity contribution in [1.29, 1.82) is 0 Å². The zero-order chi connectivity index (χ0) is 9.97. The molecule has 0 amide bonds. The van der Waals surface area contributed by atoms with E-state index in [-0.39, 0.29) is 6.04 Å². The second kappa shape index (κ2) is 3.69. The molecule has 74 valence electrons. The van der Waals surface area contributed by atoms with E-state index in [0.717, 1.165) is 11.2 Å². The number of hydrogen-bond acceptors (Lipinski definition) is 5. The second-order valence-electron chi connectivity index (χ2n) is 3.04. The predicted molar refractivity (Wildman–Crippen MR) is 52.3 cm³/mol. The maximum Gasteiger partial charge on any atom is 0.180 e. The minimum Gasteiger partial charge on any atom is -0.342 e. The van der Waals surface area contributed by atoms with Gasteiger partial charge in [0.05, 0.1) is 18.1 Å². The molecule has 1 atom stereocenters. The first-order chi connectivity index (χ1) is 6.83. The fourth-order valence-electron chi connectivity index (χ4n) is 1.38. The number of aromatic amines is 1. The van der Waals surface area contributed by atoms with Gasteiger partial charge in [0.25, 0.3) is 0 Å². The van der Waals surface area contributed by atoms with Crippen molar-refractivity contribution in [2.75, 3.05) is 6.54 Å². The number of hydrogen-bond donors (Lipinski definition) is 3. The van der Waals surface area contributed by atoms with Gasteiger partial charge in [-0.2, -0.15) is 0 Å². The molecule has 0 aliphatic carbocycles. The molecule has 2 aromatic rings. The van der Waals surface area contributed by atoms with E-state index >= 15 is 0 Å². The number of rotatable bonds is 3. The molecule has 0 saturated carbocycles. The minimum absolute atomic E-state index is 0.161. The van der Waals surface area contributed by atoms with Gasteiger partial charge in [0.1, 0.15) is 11.8 Å². The Morgan fingerprint density at radius 1 is 1.36 bits per heavy atom. The van der Waals surface area contributed by atoms with Crippen LogP contribution in [-0.4, -0.2) is 26.5 Å². The normalized spacial score (nSPS) is 13.3. The molecule has 2 heterocycles. The van der Waals surface area contributed by atoms with Gasteiger partial charge in [-0.15, -0.1) is 0 Å². The molecule has 0 aliphatic rings. The summed E-state index contributed by atoms with van der Waals surface area (Å²) in [5, 5.41) is 0. The van der Waals surface area contributed by atoms with E-state index in [1.165, 1.54) is 6.33 Å². The number of fused-ring (bicyclic) bond motifs is 1. The summed E-state index contributed by atoms with van der Waals surface area (Å²) in [5.74, 6) is 0. The van der Waals surface area contributed by atoms with Gasteiger partial charge in [-0.25, -0.2) is 15.0 Å². The van der Waals surface area contributed by atoms with Crippen LogP contribution in [0.1, 0.15) is 18.2 Å². The Bertz CT molecular complexity index is 422. The van der Waals surface area contributed by atoms with E-state index in [1.54, 1.807) is 6.33 Å². The van der Waals surface area contributed by atoms with Crippen LogP contribution in [0, 0.1) is 0 Å². The lowest BCUT2D eigenvalue weighted by Gasteiger charge is -2.09. The van der Waals surface area contributed by atoms with Gasteiger partial charge in [0.2, 0.25) is 0 Å². The van der Waals surface area contributed by atoms with Gasteiger partial charge in [0, 0.05) is 0 Å². The molecular formula is C8H12N6. The first kappa shape index (κ1) is 9.04. The number of H-pyrrole nitrogens is 1. The number of imidazole rings is 1. The third kappa shape index (κ3) is 1.45. The molecule has 6 nitrogen and oxygen atoms in total. The van der Waals surface area contributed by atoms with Crippen LogP contribution in [0.25, 0.3) is 11.2 Å². The fourth-order valence-corrected chi connectivity index (χ4v) is 1.38. The van der Waals surface area contributed by atoms with Crippen molar-refractivity contribution in [1.82, 2.24) is 19.9 Å². The monoisotopic (exact) mass is 192 g/mol. The molecule has 0 bridgehead atoms. The first-order valence-corrected chi connectivity index (χ1v) is 4.42. The predicted octanol–water partition coefficient (Wildman–Crippen LogP) is -0.298. The number of nitrogens with zero attached hydrogens (tertiary/aromatic N) is 3. The van der Waals surface area contributed by atoms with Crippen molar-refractivity contribution < 1.29 is 0 Å². The average Bonchev–Trinajstić information content (AvgIpc) is 2.65. The molecule has 0 radical (unpaired) electrons. The molecule has 1 unspecified atom stereocenters. The largest absolute Gasteiger partial charge is 0.342 e. The van der Waals surface area contributed by atoms with E-state index in [0.29, 0.717) is 18.6 Å². The summed E-state index contributed by atoms with van der Waals surface area (Å²) in [6, 6.07) is -0.161. The average molecular weight is 192 g/mol. The van der Waals surface area contributed by atoms with Crippen LogP contribution in [0.2, 0.25) is 0 Å². The first-order valence-electron chi connectivity index (χ1n) is 4.42. The fraction of sp³-hybridized carbons (Fsp3) is 0.375. The Balaban J connectivity index is 2.45. The van der Waals surface area contributed by atoms with E-state index < -0.39 is 0 Å². The van der Waals surface area contributed by atoms with Crippen LogP contribution in [0.15, 0.2) is 12.7 Å². The smallest absolute Gasteiger partial charge is 0.180 e. The van der Waals surface area contributed by atoms with Gasteiger partial charge < -0.3 is 16.5 Å². The van der Waals surface area contributed by atoms with Crippen molar-refractivity contribution >= 4 is 11.2 Å². The Labute approximate surface area is 80.8 Å². The summed E-state index contributed by atoms with van der Waals surface area (Å²) < 4.78 is 0. The highest BCUT2D eigenvalue weighted by Gasteiger charge is 2.12. The molecule has 0 aromatic carbocycles. The van der Waals surface area contributed by atoms with Crippen molar-refractivity contribution in [2.24, 2.45) is 11.5 Å². The van der Waals surface area contributed by atoms with Gasteiger partial charge in [-0.1, -0.05) is 0 Å². The zero-order valence-corrected chi connectivity index (χ0v) is 7.64. The van der Waals surface area contributed by atoms with Crippen molar-refractivity contribution in [3.05, 3.63) is 18.3 Å². The van der Waals surface area contributed by atoms with Crippen molar-refractivity contribution in [3.63, 3.8) is 0 Å². The van der Waals surface area contributed by atoms with E-state index in [9.17, 15) is 0 Å². The summed E-state index contributed by atoms with van der Waals surface area (Å²) in [4.78, 5) is 15.1. The summed E-state index contributed by atoms with van der Waals surface area (Å²) in [7, 11) is 0. The van der Waals surface area contributed by atoms with Crippen molar-refractivity contribution in [3.8, 4) is 0 Å². The molecule has 6 heteroatoms. The maximum absolute atomic E-state index is 5.91. The van der Waals surface area contributed by atoms with Gasteiger partial charge >= 0.3 is 0 Å². The van der Waals surface area contributed by atoms with Crippen LogP contribution in [0.5, 0.6) is 0 Å². The van der Waals surface area contributed by atoms with E-state index in [1.807, 2.05) is 0 Å². The third-order valence-corrected chi connectivity index (χ3v) is 2.08. The molecule has 0 saturated heterocycles.